The van der Waals surface area contributed by atoms with Crippen molar-refractivity contribution in [2.24, 2.45) is 5.92 Å². The van der Waals surface area contributed by atoms with Crippen LogP contribution in [0.15, 0.2) is 42.6 Å². The minimum Gasteiger partial charge on any atom is -0.481 e. The van der Waals surface area contributed by atoms with E-state index in [-0.39, 0.29) is 12.0 Å². The van der Waals surface area contributed by atoms with Crippen molar-refractivity contribution in [3.63, 3.8) is 0 Å². The van der Waals surface area contributed by atoms with Gasteiger partial charge in [-0.3, -0.25) is 14.7 Å². The van der Waals surface area contributed by atoms with Crippen LogP contribution < -0.4 is 0 Å². The molecule has 0 radical (unpaired) electrons. The van der Waals surface area contributed by atoms with E-state index in [1.807, 2.05) is 30.3 Å². The van der Waals surface area contributed by atoms with Crippen LogP contribution in [0.5, 0.6) is 0 Å². The van der Waals surface area contributed by atoms with E-state index >= 15 is 0 Å². The van der Waals surface area contributed by atoms with Gasteiger partial charge < -0.3 is 5.11 Å². The van der Waals surface area contributed by atoms with E-state index in [4.69, 9.17) is 23.2 Å². The molecule has 2 unspecified atom stereocenters. The lowest BCUT2D eigenvalue weighted by molar-refractivity contribution is -0.144. The number of hydrogen-bond acceptors (Lipinski definition) is 3. The van der Waals surface area contributed by atoms with E-state index in [1.165, 1.54) is 0 Å². The van der Waals surface area contributed by atoms with Crippen molar-refractivity contribution >= 4 is 29.2 Å². The molecule has 0 amide bonds. The first-order valence-electron chi connectivity index (χ1n) is 8.37. The SMILES string of the molecule is O=C(O)C1CCCN(C(Cc2ccccn2)c2cccc(Cl)c2Cl)C1. The Hall–Kier alpha value is -1.62. The number of halogens is 2. The summed E-state index contributed by atoms with van der Waals surface area (Å²) < 4.78 is 0. The average Bonchev–Trinajstić information content (AvgIpc) is 2.63. The molecular formula is C19H20Cl2N2O2. The first-order chi connectivity index (χ1) is 12.1. The quantitative estimate of drug-likeness (QED) is 0.833. The molecule has 1 saturated heterocycles. The second-order valence-electron chi connectivity index (χ2n) is 6.36. The molecule has 2 atom stereocenters. The molecule has 25 heavy (non-hydrogen) atoms. The Morgan fingerprint density at radius 3 is 2.84 bits per heavy atom. The summed E-state index contributed by atoms with van der Waals surface area (Å²) >= 11 is 12.7. The first-order valence-corrected chi connectivity index (χ1v) is 9.12. The maximum absolute atomic E-state index is 11.5. The third-order valence-electron chi connectivity index (χ3n) is 4.71. The topological polar surface area (TPSA) is 53.4 Å². The van der Waals surface area contributed by atoms with E-state index in [9.17, 15) is 9.90 Å². The first kappa shape index (κ1) is 18.2. The summed E-state index contributed by atoms with van der Waals surface area (Å²) in [6.45, 7) is 1.35. The molecule has 0 aliphatic carbocycles. The molecule has 132 valence electrons. The number of aliphatic carboxylic acids is 1. The van der Waals surface area contributed by atoms with Crippen molar-refractivity contribution in [1.82, 2.24) is 9.88 Å². The van der Waals surface area contributed by atoms with Gasteiger partial charge in [0.15, 0.2) is 0 Å². The highest BCUT2D eigenvalue weighted by atomic mass is 35.5. The molecule has 2 heterocycles. The fourth-order valence-corrected chi connectivity index (χ4v) is 3.86. The van der Waals surface area contributed by atoms with Gasteiger partial charge in [0, 0.05) is 30.9 Å². The van der Waals surface area contributed by atoms with Crippen LogP contribution in [0.2, 0.25) is 10.0 Å². The Kier molecular flexibility index (Phi) is 5.94. The molecule has 1 aromatic heterocycles. The lowest BCUT2D eigenvalue weighted by atomic mass is 9.92. The molecule has 2 aromatic rings. The number of piperidine rings is 1. The molecular weight excluding hydrogens is 359 g/mol. The van der Waals surface area contributed by atoms with Gasteiger partial charge in [-0.15, -0.1) is 0 Å². The Morgan fingerprint density at radius 2 is 2.12 bits per heavy atom. The summed E-state index contributed by atoms with van der Waals surface area (Å²) in [6, 6.07) is 11.4. The maximum Gasteiger partial charge on any atom is 0.307 e. The highest BCUT2D eigenvalue weighted by Crippen LogP contribution is 2.36. The van der Waals surface area contributed by atoms with E-state index < -0.39 is 5.97 Å². The average molecular weight is 379 g/mol. The maximum atomic E-state index is 11.5. The summed E-state index contributed by atoms with van der Waals surface area (Å²) in [7, 11) is 0. The van der Waals surface area contributed by atoms with Gasteiger partial charge >= 0.3 is 5.97 Å². The van der Waals surface area contributed by atoms with Crippen molar-refractivity contribution in [2.75, 3.05) is 13.1 Å². The number of nitrogens with zero attached hydrogens (tertiary/aromatic N) is 2. The molecule has 3 rings (SSSR count). The predicted octanol–water partition coefficient (Wildman–Crippen LogP) is 4.47. The summed E-state index contributed by atoms with van der Waals surface area (Å²) in [6.07, 6.45) is 3.99. The molecule has 6 heteroatoms. The van der Waals surface area contributed by atoms with Crippen LogP contribution in [0.25, 0.3) is 0 Å². The van der Waals surface area contributed by atoms with Gasteiger partial charge in [0.25, 0.3) is 0 Å². The Labute approximate surface area is 157 Å². The zero-order chi connectivity index (χ0) is 17.8. The van der Waals surface area contributed by atoms with Crippen molar-refractivity contribution in [2.45, 2.75) is 25.3 Å². The number of carboxylic acids is 1. The molecule has 1 aliphatic heterocycles. The van der Waals surface area contributed by atoms with Gasteiger partial charge in [-0.2, -0.15) is 0 Å². The van der Waals surface area contributed by atoms with Crippen molar-refractivity contribution in [1.29, 1.82) is 0 Å². The molecule has 1 N–H and O–H groups in total. The smallest absolute Gasteiger partial charge is 0.307 e. The predicted molar refractivity (Wildman–Crippen MR) is 99.1 cm³/mol. The second kappa shape index (κ2) is 8.17. The Morgan fingerprint density at radius 1 is 1.28 bits per heavy atom. The number of benzene rings is 1. The van der Waals surface area contributed by atoms with Crippen LogP contribution in [-0.4, -0.2) is 34.0 Å². The number of carbonyl (C=O) groups is 1. The summed E-state index contributed by atoms with van der Waals surface area (Å²) in [4.78, 5) is 18.1. The lowest BCUT2D eigenvalue weighted by Gasteiger charge is -2.37. The fourth-order valence-electron chi connectivity index (χ4n) is 3.42. The number of carboxylic acid groups (broad SMARTS) is 1. The standard InChI is InChI=1S/C19H20Cl2N2O2/c20-16-8-3-7-15(18(16)21)17(11-14-6-1-2-9-22-14)23-10-4-5-13(12-23)19(24)25/h1-3,6-9,13,17H,4-5,10-12H2,(H,24,25). The van der Waals surface area contributed by atoms with Gasteiger partial charge in [-0.05, 0) is 43.1 Å². The third-order valence-corrected chi connectivity index (χ3v) is 5.55. The van der Waals surface area contributed by atoms with Gasteiger partial charge in [-0.1, -0.05) is 41.4 Å². The highest BCUT2D eigenvalue weighted by molar-refractivity contribution is 6.42. The minimum absolute atomic E-state index is 0.0525. The summed E-state index contributed by atoms with van der Waals surface area (Å²) in [5.41, 5.74) is 1.87. The van der Waals surface area contributed by atoms with Crippen molar-refractivity contribution in [3.05, 3.63) is 63.9 Å². The summed E-state index contributed by atoms with van der Waals surface area (Å²) in [5.74, 6) is -1.09. The number of pyridine rings is 1. The molecule has 0 spiro atoms. The normalized spacial score (nSPS) is 19.5. The third kappa shape index (κ3) is 4.32. The van der Waals surface area contributed by atoms with E-state index in [2.05, 4.69) is 9.88 Å². The van der Waals surface area contributed by atoms with Gasteiger partial charge in [0.05, 0.1) is 16.0 Å². The summed E-state index contributed by atoms with van der Waals surface area (Å²) in [5, 5.41) is 10.5. The largest absolute Gasteiger partial charge is 0.481 e. The van der Waals surface area contributed by atoms with Crippen LogP contribution in [0.4, 0.5) is 0 Å². The number of rotatable bonds is 5. The van der Waals surface area contributed by atoms with Crippen LogP contribution in [0.3, 0.4) is 0 Å². The zero-order valence-corrected chi connectivity index (χ0v) is 15.2. The van der Waals surface area contributed by atoms with E-state index in [0.717, 1.165) is 24.2 Å². The van der Waals surface area contributed by atoms with Gasteiger partial charge in [0.2, 0.25) is 0 Å². The highest BCUT2D eigenvalue weighted by Gasteiger charge is 2.31. The van der Waals surface area contributed by atoms with Gasteiger partial charge in [-0.25, -0.2) is 0 Å². The van der Waals surface area contributed by atoms with Gasteiger partial charge in [0.1, 0.15) is 0 Å². The second-order valence-corrected chi connectivity index (χ2v) is 7.14. The van der Waals surface area contributed by atoms with Crippen LogP contribution in [0, 0.1) is 5.92 Å². The fraction of sp³-hybridized carbons (Fsp3) is 0.368. The van der Waals surface area contributed by atoms with Crippen LogP contribution >= 0.6 is 23.2 Å². The van der Waals surface area contributed by atoms with Crippen LogP contribution in [-0.2, 0) is 11.2 Å². The number of aromatic nitrogens is 1. The molecule has 1 fully saturated rings. The lowest BCUT2D eigenvalue weighted by Crippen LogP contribution is -2.41. The van der Waals surface area contributed by atoms with Crippen molar-refractivity contribution in [3.8, 4) is 0 Å². The Bertz CT molecular complexity index is 739. The molecule has 0 bridgehead atoms. The zero-order valence-electron chi connectivity index (χ0n) is 13.7. The molecule has 0 saturated carbocycles. The number of hydrogen-bond donors (Lipinski definition) is 1. The minimum atomic E-state index is -0.738. The molecule has 1 aliphatic rings. The Balaban J connectivity index is 1.94. The van der Waals surface area contributed by atoms with E-state index in [0.29, 0.717) is 29.4 Å². The molecule has 1 aromatic carbocycles. The monoisotopic (exact) mass is 378 g/mol. The van der Waals surface area contributed by atoms with E-state index in [1.54, 1.807) is 12.3 Å². The van der Waals surface area contributed by atoms with Crippen LogP contribution in [0.1, 0.15) is 30.1 Å². The molecule has 4 nitrogen and oxygen atoms in total. The number of likely N-dealkylation sites (tertiary alicyclic amines) is 1. The van der Waals surface area contributed by atoms with Crippen molar-refractivity contribution < 1.29 is 9.90 Å².